The maximum atomic E-state index is 11.8. The van der Waals surface area contributed by atoms with Crippen molar-refractivity contribution in [1.82, 2.24) is 5.32 Å². The summed E-state index contributed by atoms with van der Waals surface area (Å²) in [7, 11) is 0. The highest BCUT2D eigenvalue weighted by molar-refractivity contribution is 5.75. The van der Waals surface area contributed by atoms with Gasteiger partial charge in [-0.3, -0.25) is 4.79 Å². The predicted octanol–water partition coefficient (Wildman–Crippen LogP) is 4.43. The number of rotatable bonds is 8. The van der Waals surface area contributed by atoms with Crippen LogP contribution in [0.3, 0.4) is 0 Å². The van der Waals surface area contributed by atoms with Crippen LogP contribution < -0.4 is 5.32 Å². The normalized spacial score (nSPS) is 18.6. The Morgan fingerprint density at radius 2 is 1.78 bits per heavy atom. The fourth-order valence-electron chi connectivity index (χ4n) is 3.04. The highest BCUT2D eigenvalue weighted by atomic mass is 16.1. The summed E-state index contributed by atoms with van der Waals surface area (Å²) < 4.78 is 0. The molecule has 0 aliphatic heterocycles. The van der Waals surface area contributed by atoms with Gasteiger partial charge in [0.25, 0.3) is 0 Å². The lowest BCUT2D eigenvalue weighted by molar-refractivity contribution is -0.121. The van der Waals surface area contributed by atoms with E-state index in [0.29, 0.717) is 5.41 Å². The molecule has 0 spiro atoms. The van der Waals surface area contributed by atoms with Crippen molar-refractivity contribution in [2.24, 2.45) is 5.41 Å². The summed E-state index contributed by atoms with van der Waals surface area (Å²) in [5, 5.41) is 3.18. The highest BCUT2D eigenvalue weighted by Gasteiger charge is 2.30. The lowest BCUT2D eigenvalue weighted by atomic mass is 9.72. The first-order chi connectivity index (χ1) is 8.72. The molecule has 0 radical (unpaired) electrons. The lowest BCUT2D eigenvalue weighted by Crippen LogP contribution is -2.38. The maximum Gasteiger partial charge on any atom is 0.220 e. The zero-order valence-corrected chi connectivity index (χ0v) is 12.4. The van der Waals surface area contributed by atoms with Crippen molar-refractivity contribution < 1.29 is 4.79 Å². The van der Waals surface area contributed by atoms with Crippen molar-refractivity contribution in [3.8, 4) is 0 Å². The van der Waals surface area contributed by atoms with Gasteiger partial charge in [0.2, 0.25) is 5.91 Å². The largest absolute Gasteiger partial charge is 0.356 e. The number of hydrogen-bond donors (Lipinski definition) is 1. The summed E-state index contributed by atoms with van der Waals surface area (Å²) in [5.41, 5.74) is 0.414. The summed E-state index contributed by atoms with van der Waals surface area (Å²) in [6, 6.07) is 0. The van der Waals surface area contributed by atoms with Gasteiger partial charge in [0.15, 0.2) is 0 Å². The van der Waals surface area contributed by atoms with E-state index < -0.39 is 0 Å². The molecule has 1 aliphatic rings. The van der Waals surface area contributed by atoms with Crippen molar-refractivity contribution in [2.75, 3.05) is 6.54 Å². The van der Waals surface area contributed by atoms with E-state index in [4.69, 9.17) is 0 Å². The van der Waals surface area contributed by atoms with Crippen LogP contribution in [0.5, 0.6) is 0 Å². The third-order valence-corrected chi connectivity index (χ3v) is 4.58. The molecule has 0 aromatic heterocycles. The van der Waals surface area contributed by atoms with Gasteiger partial charge in [-0.15, -0.1) is 0 Å². The van der Waals surface area contributed by atoms with Gasteiger partial charge in [-0.05, 0) is 31.1 Å². The van der Waals surface area contributed by atoms with Crippen molar-refractivity contribution >= 4 is 5.91 Å². The van der Waals surface area contributed by atoms with E-state index in [2.05, 4.69) is 19.2 Å². The SMILES string of the molecule is CCCCCCC(=O)NCC1(CC)CCCCC1. The molecule has 1 fully saturated rings. The van der Waals surface area contributed by atoms with Crippen LogP contribution in [0.1, 0.15) is 84.5 Å². The standard InChI is InChI=1S/C16H31NO/c1-3-5-6-8-11-15(18)17-14-16(4-2)12-9-7-10-13-16/h3-14H2,1-2H3,(H,17,18). The second-order valence-corrected chi connectivity index (χ2v) is 6.00. The molecule has 1 saturated carbocycles. The van der Waals surface area contributed by atoms with Crippen molar-refractivity contribution in [2.45, 2.75) is 84.5 Å². The van der Waals surface area contributed by atoms with Gasteiger partial charge in [-0.1, -0.05) is 52.4 Å². The summed E-state index contributed by atoms with van der Waals surface area (Å²) in [4.78, 5) is 11.8. The molecule has 2 nitrogen and oxygen atoms in total. The van der Waals surface area contributed by atoms with Crippen LogP contribution in [0.4, 0.5) is 0 Å². The smallest absolute Gasteiger partial charge is 0.220 e. The molecule has 18 heavy (non-hydrogen) atoms. The van der Waals surface area contributed by atoms with Gasteiger partial charge in [0.05, 0.1) is 0 Å². The van der Waals surface area contributed by atoms with Crippen LogP contribution in [0.2, 0.25) is 0 Å². The van der Waals surface area contributed by atoms with E-state index >= 15 is 0 Å². The predicted molar refractivity (Wildman–Crippen MR) is 77.6 cm³/mol. The average Bonchev–Trinajstić information content (AvgIpc) is 2.42. The Hall–Kier alpha value is -0.530. The second kappa shape index (κ2) is 8.55. The Balaban J connectivity index is 2.19. The van der Waals surface area contributed by atoms with Gasteiger partial charge in [-0.25, -0.2) is 0 Å². The Morgan fingerprint density at radius 1 is 1.06 bits per heavy atom. The molecule has 0 saturated heterocycles. The third-order valence-electron chi connectivity index (χ3n) is 4.58. The maximum absolute atomic E-state index is 11.8. The molecule has 1 amide bonds. The molecule has 0 bridgehead atoms. The first kappa shape index (κ1) is 15.5. The molecule has 1 aliphatic carbocycles. The number of unbranched alkanes of at least 4 members (excludes halogenated alkanes) is 3. The molecule has 0 aromatic carbocycles. The van der Waals surface area contributed by atoms with E-state index in [9.17, 15) is 4.79 Å². The van der Waals surface area contributed by atoms with Crippen LogP contribution in [-0.2, 0) is 4.79 Å². The Bertz CT molecular complexity index is 231. The zero-order valence-electron chi connectivity index (χ0n) is 12.4. The minimum absolute atomic E-state index is 0.268. The van der Waals surface area contributed by atoms with Crippen LogP contribution in [0, 0.1) is 5.41 Å². The number of carbonyl (C=O) groups is 1. The van der Waals surface area contributed by atoms with Crippen LogP contribution in [0.25, 0.3) is 0 Å². The van der Waals surface area contributed by atoms with Crippen molar-refractivity contribution in [3.05, 3.63) is 0 Å². The number of amides is 1. The topological polar surface area (TPSA) is 29.1 Å². The van der Waals surface area contributed by atoms with E-state index in [1.54, 1.807) is 0 Å². The summed E-state index contributed by atoms with van der Waals surface area (Å²) in [6.45, 7) is 5.39. The van der Waals surface area contributed by atoms with E-state index in [-0.39, 0.29) is 5.91 Å². The minimum Gasteiger partial charge on any atom is -0.356 e. The molecular formula is C16H31NO. The monoisotopic (exact) mass is 253 g/mol. The molecule has 0 heterocycles. The van der Waals surface area contributed by atoms with Crippen LogP contribution in [-0.4, -0.2) is 12.5 Å². The number of nitrogens with one attached hydrogen (secondary N) is 1. The lowest BCUT2D eigenvalue weighted by Gasteiger charge is -2.36. The number of carbonyl (C=O) groups excluding carboxylic acids is 1. The van der Waals surface area contributed by atoms with Gasteiger partial charge in [0.1, 0.15) is 0 Å². The zero-order chi connectivity index (χ0) is 13.3. The Morgan fingerprint density at radius 3 is 2.39 bits per heavy atom. The highest BCUT2D eigenvalue weighted by Crippen LogP contribution is 2.38. The van der Waals surface area contributed by atoms with Crippen molar-refractivity contribution in [3.63, 3.8) is 0 Å². The van der Waals surface area contributed by atoms with Gasteiger partial charge in [-0.2, -0.15) is 0 Å². The molecule has 1 N–H and O–H groups in total. The Labute approximate surface area is 113 Å². The van der Waals surface area contributed by atoms with Gasteiger partial charge in [0, 0.05) is 13.0 Å². The van der Waals surface area contributed by atoms with E-state index in [0.717, 1.165) is 19.4 Å². The van der Waals surface area contributed by atoms with Crippen LogP contribution in [0.15, 0.2) is 0 Å². The Kier molecular flexibility index (Phi) is 7.38. The fraction of sp³-hybridized carbons (Fsp3) is 0.938. The van der Waals surface area contributed by atoms with Crippen LogP contribution >= 0.6 is 0 Å². The molecule has 0 unspecified atom stereocenters. The summed E-state index contributed by atoms with van der Waals surface area (Å²) in [5.74, 6) is 0.268. The van der Waals surface area contributed by atoms with Gasteiger partial charge >= 0.3 is 0 Å². The first-order valence-corrected chi connectivity index (χ1v) is 7.99. The van der Waals surface area contributed by atoms with Gasteiger partial charge < -0.3 is 5.32 Å². The number of hydrogen-bond acceptors (Lipinski definition) is 1. The quantitative estimate of drug-likeness (QED) is 0.637. The summed E-state index contributed by atoms with van der Waals surface area (Å²) in [6.07, 6.45) is 13.4. The van der Waals surface area contributed by atoms with E-state index in [1.165, 1.54) is 57.8 Å². The average molecular weight is 253 g/mol. The fourth-order valence-corrected chi connectivity index (χ4v) is 3.04. The first-order valence-electron chi connectivity index (χ1n) is 7.99. The molecular weight excluding hydrogens is 222 g/mol. The molecule has 0 atom stereocenters. The third kappa shape index (κ3) is 5.41. The summed E-state index contributed by atoms with van der Waals surface area (Å²) >= 11 is 0. The van der Waals surface area contributed by atoms with Crippen molar-refractivity contribution in [1.29, 1.82) is 0 Å². The second-order valence-electron chi connectivity index (χ2n) is 6.00. The molecule has 106 valence electrons. The molecule has 2 heteroatoms. The minimum atomic E-state index is 0.268. The van der Waals surface area contributed by atoms with E-state index in [1.807, 2.05) is 0 Å². The molecule has 0 aromatic rings. The molecule has 1 rings (SSSR count).